The summed E-state index contributed by atoms with van der Waals surface area (Å²) in [6.07, 6.45) is 0. The molecule has 1 aromatic carbocycles. The maximum absolute atomic E-state index is 9.18. The molecule has 0 aromatic heterocycles. The lowest BCUT2D eigenvalue weighted by atomic mass is 10.1. The van der Waals surface area contributed by atoms with E-state index in [2.05, 4.69) is 5.32 Å². The van der Waals surface area contributed by atoms with Crippen molar-refractivity contribution in [2.45, 2.75) is 26.3 Å². The Morgan fingerprint density at radius 3 is 2.60 bits per heavy atom. The van der Waals surface area contributed by atoms with Gasteiger partial charge in [-0.05, 0) is 38.5 Å². The van der Waals surface area contributed by atoms with Crippen LogP contribution in [0.3, 0.4) is 0 Å². The third kappa shape index (κ3) is 3.13. The van der Waals surface area contributed by atoms with Gasteiger partial charge < -0.3 is 15.2 Å². The number of aliphatic hydroxyl groups excluding tert-OH is 1. The Balaban J connectivity index is 2.97. The average molecular weight is 209 g/mol. The zero-order chi connectivity index (χ0) is 11.5. The lowest BCUT2D eigenvalue weighted by Crippen LogP contribution is -2.35. The summed E-state index contributed by atoms with van der Waals surface area (Å²) < 4.78 is 5.25. The van der Waals surface area contributed by atoms with E-state index in [1.165, 1.54) is 0 Å². The van der Waals surface area contributed by atoms with Crippen LogP contribution in [0.25, 0.3) is 0 Å². The molecule has 0 aliphatic carbocycles. The molecular weight excluding hydrogens is 190 g/mol. The molecule has 84 valence electrons. The number of ether oxygens (including phenoxy) is 1. The molecule has 0 heterocycles. The van der Waals surface area contributed by atoms with E-state index in [0.717, 1.165) is 17.0 Å². The number of nitrogens with one attached hydrogen (secondary N) is 1. The summed E-state index contributed by atoms with van der Waals surface area (Å²) in [6.45, 7) is 5.98. The summed E-state index contributed by atoms with van der Waals surface area (Å²) in [6, 6.07) is 5.93. The van der Waals surface area contributed by atoms with E-state index in [0.29, 0.717) is 0 Å². The van der Waals surface area contributed by atoms with Gasteiger partial charge in [0.2, 0.25) is 0 Å². The van der Waals surface area contributed by atoms with E-state index < -0.39 is 0 Å². The average Bonchev–Trinajstić information content (AvgIpc) is 2.18. The molecular formula is C12H19NO2. The minimum absolute atomic E-state index is 0.0735. The summed E-state index contributed by atoms with van der Waals surface area (Å²) in [5, 5.41) is 12.4. The van der Waals surface area contributed by atoms with E-state index >= 15 is 0 Å². The van der Waals surface area contributed by atoms with Crippen molar-refractivity contribution in [2.24, 2.45) is 0 Å². The van der Waals surface area contributed by atoms with Crippen LogP contribution in [0, 0.1) is 6.92 Å². The fourth-order valence-electron chi connectivity index (χ4n) is 1.32. The molecule has 0 aliphatic rings. The van der Waals surface area contributed by atoms with Crippen LogP contribution < -0.4 is 10.1 Å². The maximum atomic E-state index is 9.18. The molecule has 0 unspecified atom stereocenters. The van der Waals surface area contributed by atoms with Crippen molar-refractivity contribution >= 4 is 5.69 Å². The van der Waals surface area contributed by atoms with Crippen molar-refractivity contribution in [2.75, 3.05) is 19.0 Å². The molecule has 0 spiro atoms. The summed E-state index contributed by atoms with van der Waals surface area (Å²) >= 11 is 0. The lowest BCUT2D eigenvalue weighted by Gasteiger charge is -2.26. The van der Waals surface area contributed by atoms with Gasteiger partial charge in [0, 0.05) is 0 Å². The first-order valence-electron chi connectivity index (χ1n) is 5.02. The van der Waals surface area contributed by atoms with Crippen molar-refractivity contribution in [3.63, 3.8) is 0 Å². The van der Waals surface area contributed by atoms with E-state index in [-0.39, 0.29) is 12.1 Å². The number of rotatable bonds is 4. The van der Waals surface area contributed by atoms with E-state index in [9.17, 15) is 5.11 Å². The smallest absolute Gasteiger partial charge is 0.141 e. The molecule has 0 saturated heterocycles. The Kier molecular flexibility index (Phi) is 3.58. The monoisotopic (exact) mass is 209 g/mol. The fourth-order valence-corrected chi connectivity index (χ4v) is 1.32. The number of hydrogen-bond donors (Lipinski definition) is 2. The second kappa shape index (κ2) is 4.53. The minimum Gasteiger partial charge on any atom is -0.495 e. The highest BCUT2D eigenvalue weighted by Crippen LogP contribution is 2.27. The third-order valence-corrected chi connectivity index (χ3v) is 2.22. The molecule has 15 heavy (non-hydrogen) atoms. The van der Waals surface area contributed by atoms with Crippen LogP contribution >= 0.6 is 0 Å². The summed E-state index contributed by atoms with van der Waals surface area (Å²) in [5.41, 5.74) is 1.73. The Labute approximate surface area is 91.1 Å². The SMILES string of the molecule is COc1ccc(C)cc1NC(C)(C)CO. The number of aryl methyl sites for hydroxylation is 1. The first kappa shape index (κ1) is 11.9. The highest BCUT2D eigenvalue weighted by Gasteiger charge is 2.17. The van der Waals surface area contributed by atoms with E-state index in [1.807, 2.05) is 39.0 Å². The molecule has 0 bridgehead atoms. The van der Waals surface area contributed by atoms with Crippen LogP contribution in [-0.2, 0) is 0 Å². The van der Waals surface area contributed by atoms with Gasteiger partial charge in [-0.15, -0.1) is 0 Å². The van der Waals surface area contributed by atoms with Crippen LogP contribution in [0.5, 0.6) is 5.75 Å². The molecule has 2 N–H and O–H groups in total. The van der Waals surface area contributed by atoms with Crippen molar-refractivity contribution in [1.82, 2.24) is 0 Å². The Hall–Kier alpha value is -1.22. The summed E-state index contributed by atoms with van der Waals surface area (Å²) in [5.74, 6) is 0.794. The van der Waals surface area contributed by atoms with Gasteiger partial charge in [0.05, 0.1) is 24.9 Å². The van der Waals surface area contributed by atoms with Gasteiger partial charge in [-0.1, -0.05) is 6.07 Å². The molecule has 0 radical (unpaired) electrons. The molecule has 1 rings (SSSR count). The van der Waals surface area contributed by atoms with Crippen LogP contribution in [0.15, 0.2) is 18.2 Å². The predicted molar refractivity (Wildman–Crippen MR) is 62.5 cm³/mol. The number of anilines is 1. The molecule has 0 saturated carbocycles. The van der Waals surface area contributed by atoms with Gasteiger partial charge in [-0.3, -0.25) is 0 Å². The zero-order valence-corrected chi connectivity index (χ0v) is 9.79. The number of methoxy groups -OCH3 is 1. The quantitative estimate of drug-likeness (QED) is 0.798. The first-order valence-corrected chi connectivity index (χ1v) is 5.02. The van der Waals surface area contributed by atoms with Crippen molar-refractivity contribution in [3.05, 3.63) is 23.8 Å². The third-order valence-electron chi connectivity index (χ3n) is 2.22. The van der Waals surface area contributed by atoms with Gasteiger partial charge in [0.1, 0.15) is 5.75 Å². The van der Waals surface area contributed by atoms with Crippen LogP contribution in [-0.4, -0.2) is 24.4 Å². The van der Waals surface area contributed by atoms with Crippen LogP contribution in [0.1, 0.15) is 19.4 Å². The van der Waals surface area contributed by atoms with Crippen molar-refractivity contribution < 1.29 is 9.84 Å². The van der Waals surface area contributed by atoms with Gasteiger partial charge in [-0.25, -0.2) is 0 Å². The lowest BCUT2D eigenvalue weighted by molar-refractivity contribution is 0.234. The normalized spacial score (nSPS) is 11.3. The number of benzene rings is 1. The second-order valence-electron chi connectivity index (χ2n) is 4.37. The van der Waals surface area contributed by atoms with E-state index in [4.69, 9.17) is 4.74 Å². The Morgan fingerprint density at radius 1 is 1.40 bits per heavy atom. The maximum Gasteiger partial charge on any atom is 0.141 e. The number of hydrogen-bond acceptors (Lipinski definition) is 3. The number of aliphatic hydroxyl groups is 1. The van der Waals surface area contributed by atoms with Crippen LogP contribution in [0.4, 0.5) is 5.69 Å². The first-order chi connectivity index (χ1) is 6.98. The Bertz CT molecular complexity index is 334. The van der Waals surface area contributed by atoms with Crippen LogP contribution in [0.2, 0.25) is 0 Å². The fraction of sp³-hybridized carbons (Fsp3) is 0.500. The highest BCUT2D eigenvalue weighted by molar-refractivity contribution is 5.59. The van der Waals surface area contributed by atoms with Crippen molar-refractivity contribution in [1.29, 1.82) is 0 Å². The molecule has 3 nitrogen and oxygen atoms in total. The molecule has 0 atom stereocenters. The largest absolute Gasteiger partial charge is 0.495 e. The topological polar surface area (TPSA) is 41.5 Å². The van der Waals surface area contributed by atoms with Gasteiger partial charge in [0.25, 0.3) is 0 Å². The summed E-state index contributed by atoms with van der Waals surface area (Å²) in [4.78, 5) is 0. The standard InChI is InChI=1S/C12H19NO2/c1-9-5-6-11(15-4)10(7-9)13-12(2,3)8-14/h5-7,13-14H,8H2,1-4H3. The minimum atomic E-state index is -0.346. The Morgan fingerprint density at radius 2 is 2.07 bits per heavy atom. The summed E-state index contributed by atoms with van der Waals surface area (Å²) in [7, 11) is 1.64. The predicted octanol–water partition coefficient (Wildman–Crippen LogP) is 2.19. The zero-order valence-electron chi connectivity index (χ0n) is 9.79. The molecule has 3 heteroatoms. The molecule has 0 fully saturated rings. The second-order valence-corrected chi connectivity index (χ2v) is 4.37. The van der Waals surface area contributed by atoms with Gasteiger partial charge in [0.15, 0.2) is 0 Å². The molecule has 0 aliphatic heterocycles. The molecule has 0 amide bonds. The highest BCUT2D eigenvalue weighted by atomic mass is 16.5. The van der Waals surface area contributed by atoms with Gasteiger partial charge >= 0.3 is 0 Å². The van der Waals surface area contributed by atoms with Gasteiger partial charge in [-0.2, -0.15) is 0 Å². The van der Waals surface area contributed by atoms with E-state index in [1.54, 1.807) is 7.11 Å². The molecule has 1 aromatic rings. The van der Waals surface area contributed by atoms with Crippen molar-refractivity contribution in [3.8, 4) is 5.75 Å².